The van der Waals surface area contributed by atoms with Crippen molar-refractivity contribution in [1.82, 2.24) is 29.5 Å². The lowest BCUT2D eigenvalue weighted by atomic mass is 10.1. The third kappa shape index (κ3) is 4.33. The Labute approximate surface area is 186 Å². The lowest BCUT2D eigenvalue weighted by Gasteiger charge is -2.10. The molecule has 10 nitrogen and oxygen atoms in total. The maximum atomic E-state index is 14.1. The second-order valence-corrected chi connectivity index (χ2v) is 7.69. The number of benzene rings is 1. The molecule has 3 heterocycles. The molecule has 0 saturated heterocycles. The zero-order valence-corrected chi connectivity index (χ0v) is 17.2. The molecule has 0 atom stereocenters. The molecule has 0 radical (unpaired) electrons. The van der Waals surface area contributed by atoms with E-state index in [1.807, 2.05) is 0 Å². The smallest absolute Gasteiger partial charge is 0.416 e. The van der Waals surface area contributed by atoms with Crippen LogP contribution < -0.4 is 21.8 Å². The molecule has 4 aromatic rings. The molecule has 14 heteroatoms. The summed E-state index contributed by atoms with van der Waals surface area (Å²) in [4.78, 5) is 29.1. The van der Waals surface area contributed by atoms with Crippen molar-refractivity contribution in [2.24, 2.45) is 4.99 Å². The number of aromatic amines is 2. The third-order valence-electron chi connectivity index (χ3n) is 5.07. The maximum absolute atomic E-state index is 14.1. The number of nitrogens with zero attached hydrogens (tertiary/aromatic N) is 5. The number of nitrogens with one attached hydrogen (secondary N) is 3. The molecule has 3 aromatic heterocycles. The van der Waals surface area contributed by atoms with Crippen molar-refractivity contribution in [3.8, 4) is 5.88 Å². The number of anilines is 1. The number of rotatable bonds is 5. The quantitative estimate of drug-likeness (QED) is 0.320. The molecular weight excluding hydrogens is 460 g/mol. The van der Waals surface area contributed by atoms with Gasteiger partial charge >= 0.3 is 11.9 Å². The zero-order chi connectivity index (χ0) is 24.0. The summed E-state index contributed by atoms with van der Waals surface area (Å²) >= 11 is 0. The molecule has 176 valence electrons. The van der Waals surface area contributed by atoms with Crippen LogP contribution in [0.2, 0.25) is 0 Å². The van der Waals surface area contributed by atoms with Gasteiger partial charge in [0.1, 0.15) is 11.5 Å². The number of hydrogen-bond acceptors (Lipinski definition) is 7. The van der Waals surface area contributed by atoms with E-state index < -0.39 is 23.2 Å². The first-order chi connectivity index (χ1) is 16.2. The number of imidazole rings is 1. The molecule has 4 N–H and O–H groups in total. The predicted molar refractivity (Wildman–Crippen MR) is 110 cm³/mol. The van der Waals surface area contributed by atoms with E-state index in [1.54, 1.807) is 0 Å². The fraction of sp³-hybridized carbons (Fsp3) is 0.250. The maximum Gasteiger partial charge on any atom is 0.416 e. The average molecular weight is 476 g/mol. The Morgan fingerprint density at radius 2 is 2.06 bits per heavy atom. The van der Waals surface area contributed by atoms with Gasteiger partial charge in [0.15, 0.2) is 5.65 Å². The van der Waals surface area contributed by atoms with Gasteiger partial charge in [0.25, 0.3) is 5.62 Å². The highest BCUT2D eigenvalue weighted by atomic mass is 19.4. The molecular formula is C20H16F4N8O2. The van der Waals surface area contributed by atoms with E-state index in [0.29, 0.717) is 11.3 Å². The van der Waals surface area contributed by atoms with Crippen molar-refractivity contribution in [2.45, 2.75) is 31.6 Å². The van der Waals surface area contributed by atoms with Crippen LogP contribution in [0.1, 0.15) is 29.7 Å². The van der Waals surface area contributed by atoms with E-state index in [-0.39, 0.29) is 46.9 Å². The number of H-pyrrole nitrogens is 2. The largest absolute Gasteiger partial charge is 0.493 e. The van der Waals surface area contributed by atoms with Crippen LogP contribution in [0.15, 0.2) is 34.2 Å². The van der Waals surface area contributed by atoms with Gasteiger partial charge in [0, 0.05) is 17.3 Å². The molecule has 1 fully saturated rings. The van der Waals surface area contributed by atoms with Crippen molar-refractivity contribution >= 4 is 17.7 Å². The molecule has 0 unspecified atom stereocenters. The second kappa shape index (κ2) is 7.97. The van der Waals surface area contributed by atoms with Gasteiger partial charge in [-0.3, -0.25) is 4.98 Å². The minimum absolute atomic E-state index is 0.00866. The summed E-state index contributed by atoms with van der Waals surface area (Å²) in [6.45, 7) is -0.312. The van der Waals surface area contributed by atoms with Crippen LogP contribution in [0.4, 0.5) is 23.5 Å². The van der Waals surface area contributed by atoms with Gasteiger partial charge < -0.3 is 15.4 Å². The summed E-state index contributed by atoms with van der Waals surface area (Å²) < 4.78 is 54.5. The van der Waals surface area contributed by atoms with E-state index >= 15 is 0 Å². The summed E-state index contributed by atoms with van der Waals surface area (Å²) in [6, 6.07) is 2.21. The monoisotopic (exact) mass is 476 g/mol. The fourth-order valence-corrected chi connectivity index (χ4v) is 3.22. The number of hydrogen-bond donors (Lipinski definition) is 4. The lowest BCUT2D eigenvalue weighted by Crippen LogP contribution is -2.25. The van der Waals surface area contributed by atoms with E-state index in [0.717, 1.165) is 25.0 Å². The van der Waals surface area contributed by atoms with Crippen LogP contribution in [0.25, 0.3) is 11.7 Å². The average Bonchev–Trinajstić information content (AvgIpc) is 3.40. The minimum Gasteiger partial charge on any atom is -0.493 e. The predicted octanol–water partition coefficient (Wildman–Crippen LogP) is 1.23. The van der Waals surface area contributed by atoms with Crippen molar-refractivity contribution in [3.05, 3.63) is 68.4 Å². The van der Waals surface area contributed by atoms with Gasteiger partial charge in [-0.1, -0.05) is 0 Å². The van der Waals surface area contributed by atoms with E-state index in [2.05, 4.69) is 35.3 Å². The molecule has 1 aliphatic carbocycles. The Morgan fingerprint density at radius 3 is 2.74 bits per heavy atom. The van der Waals surface area contributed by atoms with Crippen molar-refractivity contribution in [3.63, 3.8) is 0 Å². The van der Waals surface area contributed by atoms with Crippen LogP contribution in [0.5, 0.6) is 5.88 Å². The highest BCUT2D eigenvalue weighted by molar-refractivity contribution is 5.57. The van der Waals surface area contributed by atoms with Crippen LogP contribution in [-0.2, 0) is 12.7 Å². The van der Waals surface area contributed by atoms with Crippen LogP contribution >= 0.6 is 0 Å². The van der Waals surface area contributed by atoms with Crippen LogP contribution in [-0.4, -0.2) is 40.7 Å². The van der Waals surface area contributed by atoms with Gasteiger partial charge in [-0.25, -0.2) is 14.2 Å². The Balaban J connectivity index is 1.56. The first-order valence-electron chi connectivity index (χ1n) is 10.1. The Bertz CT molecular complexity index is 1570. The Kier molecular flexibility index (Phi) is 5.06. The summed E-state index contributed by atoms with van der Waals surface area (Å²) in [5.74, 6) is -1.19. The number of halogens is 4. The van der Waals surface area contributed by atoms with E-state index in [1.165, 1.54) is 16.8 Å². The van der Waals surface area contributed by atoms with E-state index in [9.17, 15) is 27.5 Å². The molecule has 0 spiro atoms. The lowest BCUT2D eigenvalue weighted by molar-refractivity contribution is -0.137. The number of aromatic hydroxyl groups is 1. The standard InChI is InChI=1S/C20H16F4N8O2/c21-13-4-1-11(20(22,23)24)5-9(13)7-25-17-29-15-10(6-14-16(33)30-19(34)28-14)8-26-32(15)18(31-17)27-12-2-3-12/h1,4-6,8,12,33H,2-3,7H2,(H,25,27,31)(H2,28,30,34). The SMILES string of the molecule is O=c1[nH]c(O)c(C=c2cnn3c(=NC4CC4)nc(NCc4cc(C(F)(F)F)ccc4F)nc23)[nH]1. The zero-order valence-electron chi connectivity index (χ0n) is 17.2. The normalized spacial score (nSPS) is 15.4. The van der Waals surface area contributed by atoms with Crippen molar-refractivity contribution in [2.75, 3.05) is 5.32 Å². The summed E-state index contributed by atoms with van der Waals surface area (Å²) in [5, 5.41) is 17.2. The summed E-state index contributed by atoms with van der Waals surface area (Å²) in [6.07, 6.45) is 0.00274. The van der Waals surface area contributed by atoms with Crippen molar-refractivity contribution < 1.29 is 22.7 Å². The number of fused-ring (bicyclic) bond motifs is 1. The number of alkyl halides is 3. The van der Waals surface area contributed by atoms with Gasteiger partial charge in [-0.15, -0.1) is 0 Å². The van der Waals surface area contributed by atoms with Gasteiger partial charge in [-0.2, -0.15) is 32.8 Å². The molecule has 5 rings (SSSR count). The molecule has 0 aliphatic heterocycles. The first-order valence-corrected chi connectivity index (χ1v) is 10.1. The molecule has 1 aromatic carbocycles. The van der Waals surface area contributed by atoms with E-state index in [4.69, 9.17) is 0 Å². The topological polar surface area (TPSA) is 136 Å². The van der Waals surface area contributed by atoms with Gasteiger partial charge in [0.05, 0.1) is 17.8 Å². The Morgan fingerprint density at radius 1 is 1.26 bits per heavy atom. The second-order valence-electron chi connectivity index (χ2n) is 7.69. The molecule has 1 aliphatic rings. The number of aromatic nitrogens is 6. The minimum atomic E-state index is -4.61. The summed E-state index contributed by atoms with van der Waals surface area (Å²) in [7, 11) is 0. The van der Waals surface area contributed by atoms with Crippen LogP contribution in [0, 0.1) is 5.82 Å². The fourth-order valence-electron chi connectivity index (χ4n) is 3.22. The molecule has 1 saturated carbocycles. The Hall–Kier alpha value is -4.23. The molecule has 0 amide bonds. The summed E-state index contributed by atoms with van der Waals surface area (Å²) in [5.41, 5.74) is -1.24. The van der Waals surface area contributed by atoms with Crippen LogP contribution in [0.3, 0.4) is 0 Å². The highest BCUT2D eigenvalue weighted by Crippen LogP contribution is 2.30. The molecule has 0 bridgehead atoms. The highest BCUT2D eigenvalue weighted by Gasteiger charge is 2.31. The molecule has 34 heavy (non-hydrogen) atoms. The first kappa shape index (κ1) is 21.6. The third-order valence-corrected chi connectivity index (χ3v) is 5.07. The van der Waals surface area contributed by atoms with Crippen molar-refractivity contribution in [1.29, 1.82) is 0 Å². The van der Waals surface area contributed by atoms with Gasteiger partial charge in [0.2, 0.25) is 11.8 Å². The van der Waals surface area contributed by atoms with Gasteiger partial charge in [-0.05, 0) is 37.1 Å².